The van der Waals surface area contributed by atoms with Gasteiger partial charge in [-0.05, 0) is 59.6 Å². The van der Waals surface area contributed by atoms with Crippen LogP contribution in [0.3, 0.4) is 0 Å². The van der Waals surface area contributed by atoms with Gasteiger partial charge < -0.3 is 16.4 Å². The van der Waals surface area contributed by atoms with Gasteiger partial charge in [-0.2, -0.15) is 0 Å². The normalized spacial score (nSPS) is 16.6. The average molecular weight is 606 g/mol. The number of urea groups is 1. The van der Waals surface area contributed by atoms with Crippen molar-refractivity contribution in [3.8, 4) is 0 Å². The number of hydrogen-bond acceptors (Lipinski definition) is 10. The van der Waals surface area contributed by atoms with Gasteiger partial charge in [0.15, 0.2) is 0 Å². The van der Waals surface area contributed by atoms with Gasteiger partial charge >= 0.3 is 6.03 Å². The number of carbonyl (C=O) groups is 5. The van der Waals surface area contributed by atoms with Crippen LogP contribution in [0.15, 0.2) is 44.8 Å². The molecule has 2 aromatic heterocycles. The topological polar surface area (TPSA) is 142 Å². The maximum atomic E-state index is 13.4. The minimum Gasteiger partial charge on any atom is -0.353 e. The Hall–Kier alpha value is -2.91. The maximum absolute atomic E-state index is 13.4. The molecule has 0 spiro atoms. The summed E-state index contributed by atoms with van der Waals surface area (Å²) < 4.78 is 0. The summed E-state index contributed by atoms with van der Waals surface area (Å²) in [6.45, 7) is -0.101. The summed E-state index contributed by atoms with van der Waals surface area (Å²) in [4.78, 5) is 68.0. The monoisotopic (exact) mass is 605 g/mol. The summed E-state index contributed by atoms with van der Waals surface area (Å²) >= 11 is 4.79. The van der Waals surface area contributed by atoms with Gasteiger partial charge in [-0.25, -0.2) is 4.79 Å². The molecule has 0 unspecified atom stereocenters. The van der Waals surface area contributed by atoms with Crippen LogP contribution in [-0.2, 0) is 14.4 Å². The van der Waals surface area contributed by atoms with Crippen molar-refractivity contribution >= 4 is 87.3 Å². The van der Waals surface area contributed by atoms with E-state index >= 15 is 0 Å². The van der Waals surface area contributed by atoms with Crippen LogP contribution in [0.25, 0.3) is 12.2 Å². The van der Waals surface area contributed by atoms with Crippen LogP contribution in [0.5, 0.6) is 0 Å². The van der Waals surface area contributed by atoms with E-state index in [9.17, 15) is 24.0 Å². The minimum atomic E-state index is -0.702. The third-order valence-corrected chi connectivity index (χ3v) is 9.03. The van der Waals surface area contributed by atoms with Crippen molar-refractivity contribution in [2.75, 3.05) is 31.9 Å². The number of nitrogens with two attached hydrogens (primary N) is 1. The number of amides is 6. The number of hydrogen-bond donors (Lipinski definition) is 3. The Morgan fingerprint density at radius 3 is 2.49 bits per heavy atom. The number of nitrogens with zero attached hydrogens (tertiary/aromatic N) is 2. The van der Waals surface area contributed by atoms with Crippen molar-refractivity contribution in [2.24, 2.45) is 5.73 Å². The lowest BCUT2D eigenvalue weighted by atomic mass is 10.3. The van der Waals surface area contributed by atoms with Crippen LogP contribution in [0.2, 0.25) is 0 Å². The summed E-state index contributed by atoms with van der Waals surface area (Å²) in [6.07, 6.45) is 5.23. The SMILES string of the molecule is NCCN(C(=O)NCCN1C(=O)S/C(=C\c2cccs2)C1=O)C(=O)/C(=C/c1cccs1)SCC(=O)NC1CC1. The first-order valence-corrected chi connectivity index (χ1v) is 15.7. The summed E-state index contributed by atoms with van der Waals surface area (Å²) in [5.41, 5.74) is 5.69. The lowest BCUT2D eigenvalue weighted by molar-refractivity contribution is -0.124. The van der Waals surface area contributed by atoms with Crippen LogP contribution >= 0.6 is 46.2 Å². The molecule has 2 fully saturated rings. The quantitative estimate of drug-likeness (QED) is 0.313. The van der Waals surface area contributed by atoms with E-state index in [-0.39, 0.29) is 48.8 Å². The van der Waals surface area contributed by atoms with E-state index < -0.39 is 23.1 Å². The van der Waals surface area contributed by atoms with Crippen LogP contribution in [-0.4, -0.2) is 76.8 Å². The molecule has 1 saturated heterocycles. The Morgan fingerprint density at radius 2 is 1.85 bits per heavy atom. The number of imide groups is 2. The van der Waals surface area contributed by atoms with Crippen molar-refractivity contribution in [1.29, 1.82) is 0 Å². The summed E-state index contributed by atoms with van der Waals surface area (Å²) in [6, 6.07) is 6.88. The molecule has 10 nitrogen and oxygen atoms in total. The number of rotatable bonds is 12. The predicted octanol–water partition coefficient (Wildman–Crippen LogP) is 3.40. The van der Waals surface area contributed by atoms with E-state index in [1.807, 2.05) is 35.0 Å². The zero-order chi connectivity index (χ0) is 27.8. The van der Waals surface area contributed by atoms with Crippen molar-refractivity contribution in [3.05, 3.63) is 54.6 Å². The summed E-state index contributed by atoms with van der Waals surface area (Å²) in [5, 5.41) is 8.82. The molecule has 206 valence electrons. The van der Waals surface area contributed by atoms with E-state index in [1.54, 1.807) is 12.2 Å². The Bertz CT molecular complexity index is 1270. The zero-order valence-corrected chi connectivity index (χ0v) is 24.1. The van der Waals surface area contributed by atoms with Gasteiger partial charge in [-0.1, -0.05) is 12.1 Å². The first-order valence-electron chi connectivity index (χ1n) is 12.1. The molecular weight excluding hydrogens is 579 g/mol. The van der Waals surface area contributed by atoms with Crippen LogP contribution in [0, 0.1) is 0 Å². The first kappa shape index (κ1) is 29.1. The highest BCUT2D eigenvalue weighted by Crippen LogP contribution is 2.32. The maximum Gasteiger partial charge on any atom is 0.324 e. The van der Waals surface area contributed by atoms with Gasteiger partial charge in [0.1, 0.15) is 0 Å². The highest BCUT2D eigenvalue weighted by atomic mass is 32.2. The molecular formula is C25H27N5O5S4. The van der Waals surface area contributed by atoms with Gasteiger partial charge in [-0.15, -0.1) is 34.4 Å². The number of thioether (sulfide) groups is 2. The van der Waals surface area contributed by atoms with Gasteiger partial charge in [0, 0.05) is 42.0 Å². The standard InChI is InChI=1S/C25H27N5O5S4/c26-7-9-29(22(32)19(13-17-3-1-11-36-17)38-15-21(31)28-16-5-6-16)24(34)27-8-10-30-23(33)20(39-25(30)35)14-18-4-2-12-37-18/h1-4,11-14,16H,5-10,15,26H2,(H,27,34)(H,28,31)/b19-13-,20-14-. The molecule has 4 rings (SSSR count). The molecule has 0 aromatic carbocycles. The molecule has 3 heterocycles. The lowest BCUT2D eigenvalue weighted by Gasteiger charge is -2.22. The van der Waals surface area contributed by atoms with Gasteiger partial charge in [0.2, 0.25) is 5.91 Å². The third-order valence-electron chi connectivity index (χ3n) is 5.47. The van der Waals surface area contributed by atoms with Crippen LogP contribution in [0.1, 0.15) is 22.6 Å². The molecule has 1 aliphatic carbocycles. The highest BCUT2D eigenvalue weighted by molar-refractivity contribution is 8.18. The van der Waals surface area contributed by atoms with Gasteiger partial charge in [-0.3, -0.25) is 29.0 Å². The van der Waals surface area contributed by atoms with Crippen LogP contribution < -0.4 is 16.4 Å². The molecule has 14 heteroatoms. The highest BCUT2D eigenvalue weighted by Gasteiger charge is 2.35. The molecule has 6 amide bonds. The molecule has 2 aliphatic rings. The minimum absolute atomic E-state index is 0.0366. The Labute approximate surface area is 242 Å². The van der Waals surface area contributed by atoms with E-state index in [0.29, 0.717) is 4.91 Å². The third kappa shape index (κ3) is 8.29. The largest absolute Gasteiger partial charge is 0.353 e. The molecule has 4 N–H and O–H groups in total. The average Bonchev–Trinajstić information content (AvgIpc) is 3.26. The van der Waals surface area contributed by atoms with Crippen molar-refractivity contribution in [2.45, 2.75) is 18.9 Å². The molecule has 0 bridgehead atoms. The van der Waals surface area contributed by atoms with E-state index in [0.717, 1.165) is 55.9 Å². The molecule has 39 heavy (non-hydrogen) atoms. The zero-order valence-electron chi connectivity index (χ0n) is 20.8. The van der Waals surface area contributed by atoms with Crippen molar-refractivity contribution in [3.63, 3.8) is 0 Å². The van der Waals surface area contributed by atoms with Gasteiger partial charge in [0.25, 0.3) is 17.1 Å². The smallest absolute Gasteiger partial charge is 0.324 e. The number of carbonyl (C=O) groups excluding carboxylic acids is 5. The molecule has 1 aliphatic heterocycles. The van der Waals surface area contributed by atoms with Crippen molar-refractivity contribution in [1.82, 2.24) is 20.4 Å². The predicted molar refractivity (Wildman–Crippen MR) is 157 cm³/mol. The summed E-state index contributed by atoms with van der Waals surface area (Å²) in [5.74, 6) is -1.15. The number of thiophene rings is 2. The fourth-order valence-electron chi connectivity index (χ4n) is 3.43. The second-order valence-corrected chi connectivity index (χ2v) is 12.4. The number of nitrogens with one attached hydrogen (secondary N) is 2. The Morgan fingerprint density at radius 1 is 1.13 bits per heavy atom. The van der Waals surface area contributed by atoms with Crippen LogP contribution in [0.4, 0.5) is 9.59 Å². The fourth-order valence-corrected chi connectivity index (χ4v) is 6.56. The first-order chi connectivity index (χ1) is 18.9. The second kappa shape index (κ2) is 13.9. The van der Waals surface area contributed by atoms with Gasteiger partial charge in [0.05, 0.1) is 15.6 Å². The van der Waals surface area contributed by atoms with E-state index in [4.69, 9.17) is 5.73 Å². The van der Waals surface area contributed by atoms with Crippen molar-refractivity contribution < 1.29 is 24.0 Å². The van der Waals surface area contributed by atoms with E-state index in [2.05, 4.69) is 10.6 Å². The Balaban J connectivity index is 1.37. The van der Waals surface area contributed by atoms with E-state index in [1.165, 1.54) is 22.7 Å². The fraction of sp³-hybridized carbons (Fsp3) is 0.320. The second-order valence-electron chi connectivity index (χ2n) is 8.48. The molecule has 0 atom stereocenters. The molecule has 1 saturated carbocycles. The molecule has 0 radical (unpaired) electrons. The summed E-state index contributed by atoms with van der Waals surface area (Å²) in [7, 11) is 0. The lowest BCUT2D eigenvalue weighted by Crippen LogP contribution is -2.48. The Kier molecular flexibility index (Phi) is 10.4. The molecule has 2 aromatic rings.